The van der Waals surface area contributed by atoms with Gasteiger partial charge in [-0.2, -0.15) is 0 Å². The molecular weight excluding hydrogens is 260 g/mol. The van der Waals surface area contributed by atoms with Gasteiger partial charge in [-0.1, -0.05) is 37.6 Å². The second-order valence-electron chi connectivity index (χ2n) is 8.39. The zero-order valence-electron chi connectivity index (χ0n) is 13.3. The largest absolute Gasteiger partial charge is 0.393 e. The average Bonchev–Trinajstić information content (AvgIpc) is 2.76. The molecule has 4 aliphatic rings. The zero-order chi connectivity index (χ0) is 14.8. The maximum Gasteiger partial charge on any atom is 0.0758 e. The van der Waals surface area contributed by atoms with Crippen molar-refractivity contribution in [3.63, 3.8) is 0 Å². The van der Waals surface area contributed by atoms with E-state index in [0.29, 0.717) is 11.8 Å². The maximum atomic E-state index is 10.4. The third-order valence-electron chi connectivity index (χ3n) is 7.58. The fourth-order valence-corrected chi connectivity index (χ4v) is 6.21. The predicted molar refractivity (Wildman–Crippen MR) is 83.6 cm³/mol. The monoisotopic (exact) mass is 288 g/mol. The van der Waals surface area contributed by atoms with E-state index in [1.807, 2.05) is 6.08 Å². The van der Waals surface area contributed by atoms with Gasteiger partial charge in [0, 0.05) is 5.41 Å². The van der Waals surface area contributed by atoms with E-state index in [0.717, 1.165) is 25.2 Å². The van der Waals surface area contributed by atoms with Crippen LogP contribution >= 0.6 is 0 Å². The highest BCUT2D eigenvalue weighted by Gasteiger charge is 2.57. The Morgan fingerprint density at radius 1 is 1.10 bits per heavy atom. The van der Waals surface area contributed by atoms with Crippen molar-refractivity contribution in [1.82, 2.24) is 0 Å². The van der Waals surface area contributed by atoms with Gasteiger partial charge < -0.3 is 10.2 Å². The molecule has 0 aromatic rings. The third-order valence-corrected chi connectivity index (χ3v) is 7.58. The van der Waals surface area contributed by atoms with Crippen LogP contribution in [-0.2, 0) is 0 Å². The molecular formula is C19H28O2. The van der Waals surface area contributed by atoms with E-state index < -0.39 is 0 Å². The summed E-state index contributed by atoms with van der Waals surface area (Å²) in [6.07, 6.45) is 12.9. The molecule has 0 radical (unpaired) electrons. The molecule has 116 valence electrons. The molecule has 0 amide bonds. The van der Waals surface area contributed by atoms with Gasteiger partial charge in [0.1, 0.15) is 0 Å². The normalized spacial score (nSPS) is 55.4. The number of aliphatic hydroxyl groups excluding tert-OH is 2. The lowest BCUT2D eigenvalue weighted by molar-refractivity contribution is -0.0551. The lowest BCUT2D eigenvalue weighted by atomic mass is 9.49. The van der Waals surface area contributed by atoms with Crippen molar-refractivity contribution in [2.75, 3.05) is 0 Å². The number of allylic oxidation sites excluding steroid dienone is 2. The SMILES string of the molecule is C[C@]12C=CC(O)CC1=CC[C@@H]1[C@H]2CC[C@]2(C)C(O)CC[C@@H]12. The highest BCUT2D eigenvalue weighted by molar-refractivity contribution is 5.32. The molecule has 2 heteroatoms. The van der Waals surface area contributed by atoms with Gasteiger partial charge in [-0.25, -0.2) is 0 Å². The summed E-state index contributed by atoms with van der Waals surface area (Å²) in [5, 5.41) is 20.4. The minimum Gasteiger partial charge on any atom is -0.393 e. The van der Waals surface area contributed by atoms with E-state index in [4.69, 9.17) is 0 Å². The highest BCUT2D eigenvalue weighted by Crippen LogP contribution is 2.63. The molecule has 0 saturated heterocycles. The Bertz CT molecular complexity index is 508. The third kappa shape index (κ3) is 1.78. The quantitative estimate of drug-likeness (QED) is 0.670. The van der Waals surface area contributed by atoms with E-state index in [2.05, 4.69) is 26.0 Å². The van der Waals surface area contributed by atoms with Crippen LogP contribution in [0.15, 0.2) is 23.8 Å². The van der Waals surface area contributed by atoms with Crippen LogP contribution in [0.1, 0.15) is 52.4 Å². The second-order valence-corrected chi connectivity index (χ2v) is 8.39. The van der Waals surface area contributed by atoms with Gasteiger partial charge in [0.2, 0.25) is 0 Å². The van der Waals surface area contributed by atoms with Crippen molar-refractivity contribution in [3.8, 4) is 0 Å². The molecule has 2 N–H and O–H groups in total. The van der Waals surface area contributed by atoms with Crippen LogP contribution in [-0.4, -0.2) is 22.4 Å². The zero-order valence-corrected chi connectivity index (χ0v) is 13.3. The van der Waals surface area contributed by atoms with E-state index in [9.17, 15) is 10.2 Å². The lowest BCUT2D eigenvalue weighted by Gasteiger charge is -2.56. The molecule has 7 atom stereocenters. The Morgan fingerprint density at radius 2 is 1.90 bits per heavy atom. The molecule has 4 rings (SSSR count). The minimum absolute atomic E-state index is 0.0923. The highest BCUT2D eigenvalue weighted by atomic mass is 16.3. The number of fused-ring (bicyclic) bond motifs is 5. The summed E-state index contributed by atoms with van der Waals surface area (Å²) in [4.78, 5) is 0. The lowest BCUT2D eigenvalue weighted by Crippen LogP contribution is -2.50. The topological polar surface area (TPSA) is 40.5 Å². The molecule has 0 spiro atoms. The number of aliphatic hydroxyl groups is 2. The van der Waals surface area contributed by atoms with Crippen molar-refractivity contribution >= 4 is 0 Å². The van der Waals surface area contributed by atoms with Gasteiger partial charge in [0.05, 0.1) is 12.2 Å². The fraction of sp³-hybridized carbons (Fsp3) is 0.789. The summed E-state index contributed by atoms with van der Waals surface area (Å²) >= 11 is 0. The van der Waals surface area contributed by atoms with Crippen LogP contribution in [0.25, 0.3) is 0 Å². The van der Waals surface area contributed by atoms with Crippen molar-refractivity contribution < 1.29 is 10.2 Å². The van der Waals surface area contributed by atoms with Crippen molar-refractivity contribution in [2.24, 2.45) is 28.6 Å². The molecule has 2 nitrogen and oxygen atoms in total. The number of rotatable bonds is 0. The molecule has 4 aliphatic carbocycles. The molecule has 0 aliphatic heterocycles. The molecule has 0 aromatic heterocycles. The first kappa shape index (κ1) is 14.0. The van der Waals surface area contributed by atoms with Gasteiger partial charge in [-0.05, 0) is 61.7 Å². The minimum atomic E-state index is -0.289. The van der Waals surface area contributed by atoms with Crippen LogP contribution < -0.4 is 0 Å². The van der Waals surface area contributed by atoms with Crippen LogP contribution in [0.3, 0.4) is 0 Å². The summed E-state index contributed by atoms with van der Waals surface area (Å²) in [6, 6.07) is 0. The van der Waals surface area contributed by atoms with E-state index in [1.54, 1.807) is 0 Å². The van der Waals surface area contributed by atoms with Crippen molar-refractivity contribution in [2.45, 2.75) is 64.6 Å². The van der Waals surface area contributed by atoms with Gasteiger partial charge in [0.25, 0.3) is 0 Å². The Balaban J connectivity index is 1.71. The van der Waals surface area contributed by atoms with Crippen molar-refractivity contribution in [1.29, 1.82) is 0 Å². The Labute approximate surface area is 127 Å². The molecule has 0 aromatic carbocycles. The summed E-state index contributed by atoms with van der Waals surface area (Å²) in [5.41, 5.74) is 1.76. The van der Waals surface area contributed by atoms with Gasteiger partial charge in [-0.15, -0.1) is 0 Å². The predicted octanol–water partition coefficient (Wildman–Crippen LogP) is 3.45. The standard InChI is InChI=1S/C19H28O2/c1-18-9-7-13(20)11-12(18)3-4-14-15-5-6-17(21)19(15,2)10-8-16(14)18/h3,7,9,13-17,20-21H,4-6,8,10-11H2,1-2H3/t13?,14-,15-,16+,17?,18-,19-/m0/s1. The summed E-state index contributed by atoms with van der Waals surface area (Å²) in [5.74, 6) is 2.10. The van der Waals surface area contributed by atoms with Crippen LogP contribution in [0.5, 0.6) is 0 Å². The first-order chi connectivity index (χ1) is 9.95. The maximum absolute atomic E-state index is 10.4. The Morgan fingerprint density at radius 3 is 2.71 bits per heavy atom. The van der Waals surface area contributed by atoms with Gasteiger partial charge in [-0.3, -0.25) is 0 Å². The first-order valence-electron chi connectivity index (χ1n) is 8.70. The number of hydrogen-bond acceptors (Lipinski definition) is 2. The number of hydrogen-bond donors (Lipinski definition) is 2. The van der Waals surface area contributed by atoms with Gasteiger partial charge in [0.15, 0.2) is 0 Å². The summed E-state index contributed by atoms with van der Waals surface area (Å²) in [7, 11) is 0. The first-order valence-corrected chi connectivity index (χ1v) is 8.70. The molecule has 0 heterocycles. The fourth-order valence-electron chi connectivity index (χ4n) is 6.21. The second kappa shape index (κ2) is 4.45. The Kier molecular flexibility index (Phi) is 2.97. The van der Waals surface area contributed by atoms with E-state index >= 15 is 0 Å². The van der Waals surface area contributed by atoms with Crippen molar-refractivity contribution in [3.05, 3.63) is 23.8 Å². The van der Waals surface area contributed by atoms with Crippen LogP contribution in [0, 0.1) is 28.6 Å². The van der Waals surface area contributed by atoms with Gasteiger partial charge >= 0.3 is 0 Å². The molecule has 21 heavy (non-hydrogen) atoms. The van der Waals surface area contributed by atoms with Crippen LogP contribution in [0.4, 0.5) is 0 Å². The molecule has 2 saturated carbocycles. The van der Waals surface area contributed by atoms with Crippen LogP contribution in [0.2, 0.25) is 0 Å². The Hall–Kier alpha value is -0.600. The summed E-state index contributed by atoms with van der Waals surface area (Å²) < 4.78 is 0. The molecule has 2 fully saturated rings. The van der Waals surface area contributed by atoms with E-state index in [1.165, 1.54) is 24.8 Å². The van der Waals surface area contributed by atoms with E-state index in [-0.39, 0.29) is 23.0 Å². The average molecular weight is 288 g/mol. The summed E-state index contributed by atoms with van der Waals surface area (Å²) in [6.45, 7) is 4.71. The molecule has 0 bridgehead atoms. The molecule has 2 unspecified atom stereocenters. The smallest absolute Gasteiger partial charge is 0.0758 e.